The van der Waals surface area contributed by atoms with Crippen LogP contribution >= 0.6 is 11.8 Å². The molecule has 146 valence electrons. The molecule has 5 heteroatoms. The van der Waals surface area contributed by atoms with E-state index in [0.717, 1.165) is 12.1 Å². The molecule has 5 unspecified atom stereocenters. The maximum atomic E-state index is 10.4. The van der Waals surface area contributed by atoms with Crippen molar-refractivity contribution in [2.24, 2.45) is 16.8 Å². The monoisotopic (exact) mass is 394 g/mol. The zero-order chi connectivity index (χ0) is 19.1. The summed E-state index contributed by atoms with van der Waals surface area (Å²) in [5.74, 6) is 1.26. The Labute approximate surface area is 170 Å². The van der Waals surface area contributed by atoms with Crippen LogP contribution in [0.15, 0.2) is 75.5 Å². The van der Waals surface area contributed by atoms with E-state index < -0.39 is 6.10 Å². The van der Waals surface area contributed by atoms with Gasteiger partial charge >= 0.3 is 0 Å². The van der Waals surface area contributed by atoms with Gasteiger partial charge in [-0.25, -0.2) is 0 Å². The number of aliphatic imine (C=N–C) groups is 1. The van der Waals surface area contributed by atoms with Crippen LogP contribution in [0, 0.1) is 11.8 Å². The summed E-state index contributed by atoms with van der Waals surface area (Å²) in [5.41, 5.74) is 3.88. The molecule has 0 saturated carbocycles. The van der Waals surface area contributed by atoms with Gasteiger partial charge in [-0.15, -0.1) is 11.8 Å². The van der Waals surface area contributed by atoms with Gasteiger partial charge in [-0.1, -0.05) is 42.5 Å². The fourth-order valence-electron chi connectivity index (χ4n) is 4.73. The fourth-order valence-corrected chi connectivity index (χ4v) is 6.33. The molecule has 5 aliphatic rings. The van der Waals surface area contributed by atoms with Gasteiger partial charge in [0, 0.05) is 23.2 Å². The first-order chi connectivity index (χ1) is 13.7. The van der Waals surface area contributed by atoms with Gasteiger partial charge in [0.05, 0.1) is 18.9 Å². The molecular formula is C23H26N2O2S. The molecule has 2 aliphatic heterocycles. The molecule has 0 aromatic rings. The Morgan fingerprint density at radius 3 is 3.00 bits per heavy atom. The van der Waals surface area contributed by atoms with E-state index in [1.807, 2.05) is 30.4 Å². The highest BCUT2D eigenvalue weighted by Gasteiger charge is 2.37. The summed E-state index contributed by atoms with van der Waals surface area (Å²) >= 11 is 2.05. The van der Waals surface area contributed by atoms with Crippen LogP contribution in [0.2, 0.25) is 0 Å². The minimum absolute atomic E-state index is 0.101. The van der Waals surface area contributed by atoms with Crippen LogP contribution in [0.25, 0.3) is 0 Å². The lowest BCUT2D eigenvalue weighted by molar-refractivity contribution is 0.143. The second-order valence-corrected chi connectivity index (χ2v) is 9.17. The average molecular weight is 395 g/mol. The van der Waals surface area contributed by atoms with E-state index in [1.54, 1.807) is 17.6 Å². The van der Waals surface area contributed by atoms with Crippen LogP contribution in [-0.4, -0.2) is 35.4 Å². The van der Waals surface area contributed by atoms with Crippen LogP contribution in [0.5, 0.6) is 0 Å². The van der Waals surface area contributed by atoms with Gasteiger partial charge in [0.2, 0.25) is 0 Å². The number of allylic oxidation sites excluding steroid dienone is 8. The third-order valence-corrected chi connectivity index (χ3v) is 7.68. The number of nitrogens with one attached hydrogen (secondary N) is 1. The summed E-state index contributed by atoms with van der Waals surface area (Å²) in [6.45, 7) is 0. The van der Waals surface area contributed by atoms with Crippen LogP contribution in [0.4, 0.5) is 0 Å². The van der Waals surface area contributed by atoms with Gasteiger partial charge in [-0.3, -0.25) is 4.99 Å². The van der Waals surface area contributed by atoms with E-state index in [2.05, 4.69) is 35.3 Å². The van der Waals surface area contributed by atoms with Gasteiger partial charge < -0.3 is 15.2 Å². The smallest absolute Gasteiger partial charge is 0.190 e. The van der Waals surface area contributed by atoms with E-state index in [0.29, 0.717) is 17.1 Å². The first-order valence-electron chi connectivity index (χ1n) is 10.1. The van der Waals surface area contributed by atoms with Crippen molar-refractivity contribution in [3.05, 3.63) is 70.5 Å². The first-order valence-corrected chi connectivity index (χ1v) is 11.0. The minimum atomic E-state index is -0.540. The number of aliphatic hydroxyl groups is 1. The molecule has 0 fully saturated rings. The van der Waals surface area contributed by atoms with Crippen molar-refractivity contribution in [1.29, 1.82) is 0 Å². The number of hydrogen-bond acceptors (Lipinski definition) is 5. The van der Waals surface area contributed by atoms with Crippen molar-refractivity contribution in [2.75, 3.05) is 7.11 Å². The van der Waals surface area contributed by atoms with E-state index in [4.69, 9.17) is 9.73 Å². The first kappa shape index (κ1) is 18.1. The van der Waals surface area contributed by atoms with Crippen molar-refractivity contribution in [2.45, 2.75) is 43.2 Å². The Morgan fingerprint density at radius 2 is 2.14 bits per heavy atom. The summed E-state index contributed by atoms with van der Waals surface area (Å²) in [7, 11) is 1.67. The summed E-state index contributed by atoms with van der Waals surface area (Å²) < 4.78 is 5.53. The number of hydrogen-bond donors (Lipinski definition) is 2. The van der Waals surface area contributed by atoms with Crippen molar-refractivity contribution >= 4 is 17.5 Å². The van der Waals surface area contributed by atoms with Crippen molar-refractivity contribution in [3.63, 3.8) is 0 Å². The van der Waals surface area contributed by atoms with Crippen LogP contribution in [-0.2, 0) is 4.74 Å². The highest BCUT2D eigenvalue weighted by Crippen LogP contribution is 2.51. The predicted octanol–water partition coefficient (Wildman–Crippen LogP) is 4.00. The van der Waals surface area contributed by atoms with E-state index in [9.17, 15) is 5.11 Å². The predicted molar refractivity (Wildman–Crippen MR) is 115 cm³/mol. The lowest BCUT2D eigenvalue weighted by Crippen LogP contribution is -2.42. The Kier molecular flexibility index (Phi) is 4.81. The van der Waals surface area contributed by atoms with E-state index in [1.165, 1.54) is 24.8 Å². The van der Waals surface area contributed by atoms with Crippen molar-refractivity contribution in [1.82, 2.24) is 5.32 Å². The van der Waals surface area contributed by atoms with Crippen molar-refractivity contribution < 1.29 is 9.84 Å². The molecule has 0 aromatic heterocycles. The number of fused-ring (bicyclic) bond motifs is 2. The number of nitrogens with zero attached hydrogens (tertiary/aromatic N) is 1. The number of thioether (sulfide) groups is 1. The molecule has 0 aromatic carbocycles. The SMILES string of the molecule is COC1=CC(C2=CC3SC4=C(C=CCC4)C3CC2)=NC(C2C=CC=CC2O)N1. The number of methoxy groups -OCH3 is 1. The fraction of sp³-hybridized carbons (Fsp3) is 0.435. The van der Waals surface area contributed by atoms with Crippen molar-refractivity contribution in [3.8, 4) is 0 Å². The Bertz CT molecular complexity index is 877. The second kappa shape index (κ2) is 7.45. The average Bonchev–Trinajstić information content (AvgIpc) is 3.11. The summed E-state index contributed by atoms with van der Waals surface area (Å²) in [6.07, 6.45) is 20.6. The Balaban J connectivity index is 1.41. The molecule has 2 heterocycles. The van der Waals surface area contributed by atoms with Gasteiger partial charge in [0.1, 0.15) is 6.17 Å². The molecule has 5 atom stereocenters. The van der Waals surface area contributed by atoms with Crippen LogP contribution in [0.1, 0.15) is 25.7 Å². The topological polar surface area (TPSA) is 53.9 Å². The van der Waals surface area contributed by atoms with Crippen LogP contribution < -0.4 is 5.32 Å². The molecule has 3 aliphatic carbocycles. The molecule has 0 spiro atoms. The third kappa shape index (κ3) is 3.20. The molecular weight excluding hydrogens is 368 g/mol. The lowest BCUT2D eigenvalue weighted by atomic mass is 9.81. The molecule has 0 saturated heterocycles. The summed E-state index contributed by atoms with van der Waals surface area (Å²) in [6, 6.07) is 0. The number of rotatable bonds is 3. The largest absolute Gasteiger partial charge is 0.482 e. The van der Waals surface area contributed by atoms with Gasteiger partial charge in [-0.05, 0) is 41.7 Å². The summed E-state index contributed by atoms with van der Waals surface area (Å²) in [5, 5.41) is 14.2. The maximum Gasteiger partial charge on any atom is 0.190 e. The zero-order valence-electron chi connectivity index (χ0n) is 16.0. The number of aliphatic hydroxyl groups excluding tert-OH is 1. The molecule has 5 rings (SSSR count). The second-order valence-electron chi connectivity index (χ2n) is 7.89. The number of ether oxygens (including phenoxy) is 1. The molecule has 2 N–H and O–H groups in total. The molecule has 0 amide bonds. The molecule has 0 bridgehead atoms. The lowest BCUT2D eigenvalue weighted by Gasteiger charge is -2.32. The van der Waals surface area contributed by atoms with Gasteiger partial charge in [0.25, 0.3) is 0 Å². The van der Waals surface area contributed by atoms with Gasteiger partial charge in [0.15, 0.2) is 5.88 Å². The normalized spacial score (nSPS) is 36.2. The van der Waals surface area contributed by atoms with E-state index >= 15 is 0 Å². The zero-order valence-corrected chi connectivity index (χ0v) is 16.9. The third-order valence-electron chi connectivity index (χ3n) is 6.22. The highest BCUT2D eigenvalue weighted by molar-refractivity contribution is 8.04. The molecule has 28 heavy (non-hydrogen) atoms. The Morgan fingerprint density at radius 1 is 1.25 bits per heavy atom. The molecule has 4 nitrogen and oxygen atoms in total. The molecule has 0 radical (unpaired) electrons. The quantitative estimate of drug-likeness (QED) is 0.760. The van der Waals surface area contributed by atoms with Gasteiger partial charge in [-0.2, -0.15) is 0 Å². The Hall–Kier alpha value is -1.98. The summed E-state index contributed by atoms with van der Waals surface area (Å²) in [4.78, 5) is 6.57. The van der Waals surface area contributed by atoms with E-state index in [-0.39, 0.29) is 12.1 Å². The minimum Gasteiger partial charge on any atom is -0.482 e. The maximum absolute atomic E-state index is 10.4. The van der Waals surface area contributed by atoms with Crippen LogP contribution in [0.3, 0.4) is 0 Å². The highest BCUT2D eigenvalue weighted by atomic mass is 32.2. The standard InChI is InChI=1S/C23H26N2O2S/c1-27-22-13-18(24-23(25-22)17-7-2-4-8-19(17)26)14-10-11-16-15-6-3-5-9-20(15)28-21(16)12-14/h2-4,6-8,12-13,16-17,19,21,23,25-26H,5,9-11H2,1H3.